The molecular weight excluding hydrogens is 805 g/mol. The molecule has 10 rings (SSSR count). The van der Waals surface area contributed by atoms with E-state index >= 15 is 0 Å². The van der Waals surface area contributed by atoms with Crippen molar-refractivity contribution in [2.75, 3.05) is 36.4 Å². The lowest BCUT2D eigenvalue weighted by Crippen LogP contribution is -2.52. The molecular formula is C50H58N10O4. The number of carbonyl (C=O) groups is 3. The topological polar surface area (TPSA) is 174 Å². The molecule has 6 aromatic rings. The number of nitrogens with one attached hydrogen (secondary N) is 4. The summed E-state index contributed by atoms with van der Waals surface area (Å²) in [5.74, 6) is 0.209. The Morgan fingerprint density at radius 1 is 0.938 bits per heavy atom. The molecule has 6 heterocycles. The monoisotopic (exact) mass is 862 g/mol. The summed E-state index contributed by atoms with van der Waals surface area (Å²) in [6.07, 6.45) is 9.94. The lowest BCUT2D eigenvalue weighted by atomic mass is 9.69. The normalized spacial score (nSPS) is 22.1. The molecule has 14 nitrogen and oxygen atoms in total. The van der Waals surface area contributed by atoms with E-state index < -0.39 is 5.91 Å². The number of H-pyrrole nitrogens is 1. The molecule has 1 aliphatic carbocycles. The van der Waals surface area contributed by atoms with Gasteiger partial charge in [0.25, 0.3) is 0 Å². The number of benzene rings is 3. The number of imide groups is 1. The van der Waals surface area contributed by atoms with E-state index in [9.17, 15) is 14.4 Å². The second kappa shape index (κ2) is 16.4. The van der Waals surface area contributed by atoms with Crippen molar-refractivity contribution in [1.82, 2.24) is 40.6 Å². The number of fused-ring (bicyclic) bond motifs is 3. The molecule has 3 aromatic carbocycles. The Kier molecular flexibility index (Phi) is 10.7. The number of hydrogen-bond acceptors (Lipinski definition) is 11. The van der Waals surface area contributed by atoms with Gasteiger partial charge in [-0.2, -0.15) is 4.98 Å². The number of nitrogens with zero attached hydrogens (tertiary/aromatic N) is 6. The van der Waals surface area contributed by atoms with E-state index in [-0.39, 0.29) is 35.2 Å². The molecule has 2 atom stereocenters. The molecule has 4 aliphatic rings. The maximum absolute atomic E-state index is 13.0. The molecule has 332 valence electrons. The van der Waals surface area contributed by atoms with Crippen LogP contribution in [-0.4, -0.2) is 86.0 Å². The fourth-order valence-corrected chi connectivity index (χ4v) is 10.5. The van der Waals surface area contributed by atoms with Gasteiger partial charge in [-0.05, 0) is 130 Å². The first kappa shape index (κ1) is 41.8. The van der Waals surface area contributed by atoms with E-state index in [1.165, 1.54) is 62.9 Å². The van der Waals surface area contributed by atoms with Crippen molar-refractivity contribution < 1.29 is 18.9 Å². The van der Waals surface area contributed by atoms with Crippen LogP contribution in [0.2, 0.25) is 0 Å². The minimum Gasteiger partial charge on any atom is -0.374 e. The van der Waals surface area contributed by atoms with Crippen molar-refractivity contribution in [3.8, 4) is 11.3 Å². The molecule has 0 radical (unpaired) electrons. The van der Waals surface area contributed by atoms with Crippen molar-refractivity contribution >= 4 is 51.0 Å². The number of aryl methyl sites for hydroxylation is 1. The zero-order valence-corrected chi connectivity index (χ0v) is 37.5. The molecule has 14 heteroatoms. The van der Waals surface area contributed by atoms with Crippen LogP contribution in [0.3, 0.4) is 0 Å². The fourth-order valence-electron chi connectivity index (χ4n) is 10.5. The molecule has 1 unspecified atom stereocenters. The van der Waals surface area contributed by atoms with Gasteiger partial charge in [0.2, 0.25) is 11.8 Å². The highest BCUT2D eigenvalue weighted by molar-refractivity contribution is 6.12. The smallest absolute Gasteiger partial charge is 0.315 e. The maximum Gasteiger partial charge on any atom is 0.315 e. The van der Waals surface area contributed by atoms with E-state index in [1.54, 1.807) is 6.33 Å². The second-order valence-electron chi connectivity index (χ2n) is 19.9. The Morgan fingerprint density at radius 3 is 2.39 bits per heavy atom. The molecule has 4 N–H and O–H groups in total. The van der Waals surface area contributed by atoms with E-state index in [0.29, 0.717) is 36.0 Å². The second-order valence-corrected chi connectivity index (χ2v) is 19.9. The molecule has 4 fully saturated rings. The van der Waals surface area contributed by atoms with Gasteiger partial charge in [0.05, 0.1) is 17.1 Å². The number of hydrogen-bond donors (Lipinski definition) is 4. The van der Waals surface area contributed by atoms with Gasteiger partial charge in [-0.3, -0.25) is 19.7 Å². The summed E-state index contributed by atoms with van der Waals surface area (Å²) >= 11 is 0. The average Bonchev–Trinajstić information content (AvgIpc) is 3.92. The molecule has 64 heavy (non-hydrogen) atoms. The van der Waals surface area contributed by atoms with Crippen LogP contribution in [-0.2, 0) is 15.0 Å². The first-order chi connectivity index (χ1) is 30.8. The maximum atomic E-state index is 13.0. The number of carbonyl (C=O) groups excluding carboxylic acids is 3. The SMILES string of the molecule is Cc1cc(-c2ncnc3[nH]c4cc(N5CCC6(CC5)CCN([C@H]5C[C@H](c7ccc(NC8CCC(=O)NC8=O)cc7)C5)CC6)ccc4c23)ccc1[C@@H](C)NC(=O)c1nc(C(C)(C)C)no1. The van der Waals surface area contributed by atoms with Gasteiger partial charge < -0.3 is 29.9 Å². The van der Waals surface area contributed by atoms with Crippen molar-refractivity contribution in [3.63, 3.8) is 0 Å². The molecule has 1 spiro atoms. The van der Waals surface area contributed by atoms with Gasteiger partial charge in [0.1, 0.15) is 18.0 Å². The quantitative estimate of drug-likeness (QED) is 0.103. The average molecular weight is 863 g/mol. The van der Waals surface area contributed by atoms with Crippen molar-refractivity contribution in [2.24, 2.45) is 5.41 Å². The number of likely N-dealkylation sites (tertiary alicyclic amines) is 1. The third-order valence-corrected chi connectivity index (χ3v) is 14.7. The third-order valence-electron chi connectivity index (χ3n) is 14.7. The minimum atomic E-state index is -0.399. The summed E-state index contributed by atoms with van der Waals surface area (Å²) in [6.45, 7) is 14.4. The Morgan fingerprint density at radius 2 is 1.69 bits per heavy atom. The van der Waals surface area contributed by atoms with Crippen LogP contribution in [0.15, 0.2) is 71.5 Å². The summed E-state index contributed by atoms with van der Waals surface area (Å²) < 4.78 is 5.27. The largest absolute Gasteiger partial charge is 0.374 e. The van der Waals surface area contributed by atoms with Crippen molar-refractivity contribution in [3.05, 3.63) is 95.4 Å². The van der Waals surface area contributed by atoms with Gasteiger partial charge in [-0.15, -0.1) is 0 Å². The van der Waals surface area contributed by atoms with Crippen LogP contribution in [0.25, 0.3) is 33.2 Å². The molecule has 3 aromatic heterocycles. The number of aromatic amines is 1. The standard InChI is InChI=1S/C50H58N10O4/c1-29-24-32(8-12-37(29)30(2)53-46(63)47-57-48(58-64-47)49(3,4)5)43-42-38-13-11-35(27-40(38)55-44(42)52-28-51-43)59-20-16-50(17-21-59)18-22-60(23-19-50)36-25-33(26-36)31-6-9-34(10-7-31)54-39-14-15-41(61)56-45(39)62/h6-13,24,27-28,30,33,36,39,54H,14-23,25-26H2,1-5H3,(H,53,63)(H,51,52,55)(H,56,61,62)/t30-,33-,36-,39?/m1/s1. The zero-order chi connectivity index (χ0) is 44.3. The Balaban J connectivity index is 0.734. The van der Waals surface area contributed by atoms with Crippen LogP contribution in [0, 0.1) is 12.3 Å². The summed E-state index contributed by atoms with van der Waals surface area (Å²) in [4.78, 5) is 59.3. The summed E-state index contributed by atoms with van der Waals surface area (Å²) in [5, 5.41) is 14.8. The number of rotatable bonds is 9. The lowest BCUT2D eigenvalue weighted by Gasteiger charge is -2.51. The van der Waals surface area contributed by atoms with E-state index in [1.807, 2.05) is 27.7 Å². The zero-order valence-electron chi connectivity index (χ0n) is 37.5. The van der Waals surface area contributed by atoms with Crippen molar-refractivity contribution in [2.45, 2.75) is 115 Å². The number of amides is 3. The molecule has 3 amide bonds. The lowest BCUT2D eigenvalue weighted by molar-refractivity contribution is -0.133. The molecule has 3 aliphatic heterocycles. The third kappa shape index (κ3) is 8.12. The Bertz CT molecular complexity index is 2730. The highest BCUT2D eigenvalue weighted by Crippen LogP contribution is 2.47. The molecule has 1 saturated carbocycles. The minimum absolute atomic E-state index is 0.0395. The van der Waals surface area contributed by atoms with Gasteiger partial charge in [-0.25, -0.2) is 9.97 Å². The first-order valence-electron chi connectivity index (χ1n) is 23.0. The molecule has 0 bridgehead atoms. The van der Waals surface area contributed by atoms with Gasteiger partial charge in [-0.1, -0.05) is 56.3 Å². The summed E-state index contributed by atoms with van der Waals surface area (Å²) in [7, 11) is 0. The van der Waals surface area contributed by atoms with Crippen molar-refractivity contribution in [1.29, 1.82) is 0 Å². The number of aromatic nitrogens is 5. The first-order valence-corrected chi connectivity index (χ1v) is 23.0. The predicted molar refractivity (Wildman–Crippen MR) is 247 cm³/mol. The molecule has 3 saturated heterocycles. The van der Waals surface area contributed by atoms with E-state index in [0.717, 1.165) is 63.1 Å². The van der Waals surface area contributed by atoms with Gasteiger partial charge in [0.15, 0.2) is 5.82 Å². The van der Waals surface area contributed by atoms with Crippen LogP contribution >= 0.6 is 0 Å². The Hall–Kier alpha value is -6.15. The van der Waals surface area contributed by atoms with Crippen LogP contribution in [0.1, 0.15) is 124 Å². The van der Waals surface area contributed by atoms with E-state index in [2.05, 4.69) is 113 Å². The van der Waals surface area contributed by atoms with Crippen LogP contribution < -0.4 is 20.9 Å². The fraction of sp³-hybridized carbons (Fsp3) is 0.460. The van der Waals surface area contributed by atoms with Crippen LogP contribution in [0.5, 0.6) is 0 Å². The number of piperidine rings is 3. The van der Waals surface area contributed by atoms with E-state index in [4.69, 9.17) is 9.51 Å². The van der Waals surface area contributed by atoms with Gasteiger partial charge >= 0.3 is 11.8 Å². The summed E-state index contributed by atoms with van der Waals surface area (Å²) in [6, 6.07) is 21.6. The van der Waals surface area contributed by atoms with Crippen LogP contribution in [0.4, 0.5) is 11.4 Å². The van der Waals surface area contributed by atoms with Gasteiger partial charge in [0, 0.05) is 58.8 Å². The highest BCUT2D eigenvalue weighted by atomic mass is 16.5. The summed E-state index contributed by atoms with van der Waals surface area (Å²) in [5.41, 5.74) is 9.40. The number of anilines is 2. The highest BCUT2D eigenvalue weighted by Gasteiger charge is 2.42. The predicted octanol–water partition coefficient (Wildman–Crippen LogP) is 8.10. The Labute approximate surface area is 373 Å².